The fraction of sp³-hybridized carbons (Fsp3) is 0. The largest absolute Gasteiger partial charge is 0.456 e. The molecule has 2 heterocycles. The second-order valence-corrected chi connectivity index (χ2v) is 15.2. The van der Waals surface area contributed by atoms with Crippen LogP contribution in [0, 0.1) is 0 Å². The summed E-state index contributed by atoms with van der Waals surface area (Å²) in [5.74, 6) is 0. The average Bonchev–Trinajstić information content (AvgIpc) is 3.95. The fourth-order valence-corrected chi connectivity index (χ4v) is 9.00. The van der Waals surface area contributed by atoms with Crippen LogP contribution in [0.15, 0.2) is 233 Å². The van der Waals surface area contributed by atoms with E-state index in [1.807, 2.05) is 84.9 Å². The molecule has 0 fully saturated rings. The van der Waals surface area contributed by atoms with Crippen molar-refractivity contribution in [3.63, 3.8) is 0 Å². The molecule has 0 saturated carbocycles. The molecule has 0 bridgehead atoms. The van der Waals surface area contributed by atoms with Gasteiger partial charge < -0.3 is 13.7 Å². The number of hydrogen-bond acceptors (Lipinski definition) is 3. The van der Waals surface area contributed by atoms with E-state index in [4.69, 9.17) is 15.7 Å². The molecule has 0 amide bonds. The Balaban J connectivity index is 1.01. The SMILES string of the molecule is [2H]c1c([2H])c([2H])c(-c2ccc(-c3ccc(N(c4ccc(-c5cccc6oc7ccccc7c56)cc4)c4cccc5c4oc4c(-c6ccccc6)cccc45)cc3)c3ccccc23)c([2H])c1[2H]. The third-order valence-corrected chi connectivity index (χ3v) is 11.8. The zero-order chi connectivity index (χ0) is 44.6. The molecule has 0 unspecified atom stereocenters. The van der Waals surface area contributed by atoms with Crippen LogP contribution >= 0.6 is 0 Å². The first-order chi connectivity index (χ1) is 32.3. The Hall–Kier alpha value is -8.14. The molecule has 0 radical (unpaired) electrons. The summed E-state index contributed by atoms with van der Waals surface area (Å²) in [7, 11) is 0. The summed E-state index contributed by atoms with van der Waals surface area (Å²) < 4.78 is 55.5. The van der Waals surface area contributed by atoms with Crippen LogP contribution in [0.25, 0.3) is 99.2 Å². The molecule has 12 rings (SSSR count). The minimum atomic E-state index is -0.408. The van der Waals surface area contributed by atoms with E-state index in [9.17, 15) is 0 Å². The van der Waals surface area contributed by atoms with Gasteiger partial charge in [0.1, 0.15) is 16.7 Å². The molecule has 3 heteroatoms. The van der Waals surface area contributed by atoms with Gasteiger partial charge in [0.2, 0.25) is 0 Å². The molecule has 0 spiro atoms. The summed E-state index contributed by atoms with van der Waals surface area (Å²) in [5.41, 5.74) is 13.0. The Morgan fingerprint density at radius 3 is 1.57 bits per heavy atom. The Labute approximate surface area is 360 Å². The fourth-order valence-electron chi connectivity index (χ4n) is 9.00. The first-order valence-corrected chi connectivity index (χ1v) is 20.3. The van der Waals surface area contributed by atoms with Crippen LogP contribution in [0.1, 0.15) is 6.85 Å². The van der Waals surface area contributed by atoms with E-state index in [1.165, 1.54) is 0 Å². The molecule has 12 aromatic rings. The maximum absolute atomic E-state index is 8.73. The van der Waals surface area contributed by atoms with E-state index in [2.05, 4.69) is 114 Å². The summed E-state index contributed by atoms with van der Waals surface area (Å²) in [6.07, 6.45) is 0. The number of nitrogens with zero attached hydrogens (tertiary/aromatic N) is 1. The van der Waals surface area contributed by atoms with Gasteiger partial charge in [-0.2, -0.15) is 0 Å². The van der Waals surface area contributed by atoms with Gasteiger partial charge in [-0.05, 0) is 92.2 Å². The van der Waals surface area contributed by atoms with Crippen molar-refractivity contribution in [2.75, 3.05) is 4.90 Å². The lowest BCUT2D eigenvalue weighted by Gasteiger charge is -2.26. The maximum Gasteiger partial charge on any atom is 0.159 e. The van der Waals surface area contributed by atoms with Gasteiger partial charge in [-0.15, -0.1) is 0 Å². The van der Waals surface area contributed by atoms with Crippen molar-refractivity contribution in [1.29, 1.82) is 0 Å². The van der Waals surface area contributed by atoms with Crippen LogP contribution in [0.2, 0.25) is 0 Å². The molecule has 0 aliphatic rings. The summed E-state index contributed by atoms with van der Waals surface area (Å²) in [4.78, 5) is 2.24. The summed E-state index contributed by atoms with van der Waals surface area (Å²) in [5, 5.41) is 5.93. The van der Waals surface area contributed by atoms with Crippen molar-refractivity contribution in [2.45, 2.75) is 0 Å². The smallest absolute Gasteiger partial charge is 0.159 e. The van der Waals surface area contributed by atoms with Crippen LogP contribution in [0.4, 0.5) is 17.1 Å². The average molecular weight is 785 g/mol. The number of hydrogen-bond donors (Lipinski definition) is 0. The molecular formula is C58H37NO2. The van der Waals surface area contributed by atoms with Crippen molar-refractivity contribution in [3.05, 3.63) is 224 Å². The first kappa shape index (κ1) is 30.0. The minimum absolute atomic E-state index is 0.186. The van der Waals surface area contributed by atoms with E-state index in [-0.39, 0.29) is 29.7 Å². The summed E-state index contributed by atoms with van der Waals surface area (Å²) in [6.45, 7) is 0. The van der Waals surface area contributed by atoms with Gasteiger partial charge in [-0.25, -0.2) is 0 Å². The van der Waals surface area contributed by atoms with Crippen LogP contribution in [-0.4, -0.2) is 0 Å². The number of para-hydroxylation sites is 3. The van der Waals surface area contributed by atoms with E-state index < -0.39 is 6.04 Å². The van der Waals surface area contributed by atoms with Crippen molar-refractivity contribution >= 4 is 71.7 Å². The predicted molar refractivity (Wildman–Crippen MR) is 255 cm³/mol. The number of furan rings is 2. The normalized spacial score (nSPS) is 12.8. The van der Waals surface area contributed by atoms with Crippen LogP contribution < -0.4 is 4.90 Å². The number of benzene rings is 10. The van der Waals surface area contributed by atoms with Crippen molar-refractivity contribution in [1.82, 2.24) is 0 Å². The number of rotatable bonds is 7. The highest BCUT2D eigenvalue weighted by Gasteiger charge is 2.22. The van der Waals surface area contributed by atoms with Gasteiger partial charge in [-0.3, -0.25) is 0 Å². The predicted octanol–water partition coefficient (Wildman–Crippen LogP) is 16.8. The van der Waals surface area contributed by atoms with Gasteiger partial charge >= 0.3 is 0 Å². The van der Waals surface area contributed by atoms with Gasteiger partial charge in [0.25, 0.3) is 0 Å². The highest BCUT2D eigenvalue weighted by molar-refractivity contribution is 6.14. The van der Waals surface area contributed by atoms with Gasteiger partial charge in [0, 0.05) is 38.5 Å². The summed E-state index contributed by atoms with van der Waals surface area (Å²) >= 11 is 0. The van der Waals surface area contributed by atoms with Gasteiger partial charge in [-0.1, -0.05) is 182 Å². The van der Waals surface area contributed by atoms with E-state index >= 15 is 0 Å². The van der Waals surface area contributed by atoms with E-state index in [0.29, 0.717) is 5.56 Å². The monoisotopic (exact) mass is 784 g/mol. The first-order valence-electron chi connectivity index (χ1n) is 22.8. The maximum atomic E-state index is 8.73. The van der Waals surface area contributed by atoms with E-state index in [0.717, 1.165) is 105 Å². The third-order valence-electron chi connectivity index (χ3n) is 11.8. The number of fused-ring (bicyclic) bond motifs is 7. The van der Waals surface area contributed by atoms with E-state index in [1.54, 1.807) is 0 Å². The zero-order valence-corrected chi connectivity index (χ0v) is 32.7. The third kappa shape index (κ3) is 5.82. The summed E-state index contributed by atoms with van der Waals surface area (Å²) in [6, 6.07) is 64.6. The molecule has 0 N–H and O–H groups in total. The molecule has 10 aromatic carbocycles. The highest BCUT2D eigenvalue weighted by Crippen LogP contribution is 2.46. The molecule has 0 aliphatic carbocycles. The lowest BCUT2D eigenvalue weighted by molar-refractivity contribution is 0.669. The Bertz CT molecular complexity index is 3850. The van der Waals surface area contributed by atoms with Crippen LogP contribution in [-0.2, 0) is 0 Å². The second kappa shape index (κ2) is 14.3. The Kier molecular flexibility index (Phi) is 7.03. The van der Waals surface area contributed by atoms with Crippen LogP contribution in [0.3, 0.4) is 0 Å². The quantitative estimate of drug-likeness (QED) is 0.161. The molecule has 0 aliphatic heterocycles. The molecule has 3 nitrogen and oxygen atoms in total. The van der Waals surface area contributed by atoms with Gasteiger partial charge in [0.05, 0.1) is 12.5 Å². The van der Waals surface area contributed by atoms with Crippen molar-refractivity contribution < 1.29 is 15.7 Å². The topological polar surface area (TPSA) is 29.5 Å². The number of anilines is 3. The molecular weight excluding hydrogens is 743 g/mol. The van der Waals surface area contributed by atoms with Gasteiger partial charge in [0.15, 0.2) is 5.58 Å². The zero-order valence-electron chi connectivity index (χ0n) is 37.7. The van der Waals surface area contributed by atoms with Crippen molar-refractivity contribution in [3.8, 4) is 44.5 Å². The molecule has 61 heavy (non-hydrogen) atoms. The standard InChI is InChI=1S/C58H37NO2/c1-3-14-38(15-4-1)44-36-37-45(49-19-8-7-18-48(44)49)40-28-32-42(33-29-40)59(43-34-30-41(31-35-43)46-21-13-27-55-56(46)52-20-9-10-26-54(52)60-55)53-25-12-24-51-50-23-11-22-47(57(50)61-58(51)53)39-16-5-2-6-17-39/h1-37H/i1D,3D,4D,14D,15D. The molecule has 286 valence electrons. The lowest BCUT2D eigenvalue weighted by Crippen LogP contribution is -2.10. The second-order valence-electron chi connectivity index (χ2n) is 15.2. The Morgan fingerprint density at radius 1 is 0.328 bits per heavy atom. The van der Waals surface area contributed by atoms with Crippen molar-refractivity contribution in [2.24, 2.45) is 0 Å². The van der Waals surface area contributed by atoms with Crippen LogP contribution in [0.5, 0.6) is 0 Å². The molecule has 2 aromatic heterocycles. The minimum Gasteiger partial charge on any atom is -0.456 e. The molecule has 0 atom stereocenters. The lowest BCUT2D eigenvalue weighted by atomic mass is 9.92. The highest BCUT2D eigenvalue weighted by atomic mass is 16.3. The Morgan fingerprint density at radius 2 is 0.852 bits per heavy atom. The molecule has 0 saturated heterocycles.